The van der Waals surface area contributed by atoms with Crippen LogP contribution in [0, 0.1) is 0 Å². The zero-order chi connectivity index (χ0) is 15.7. The molecule has 22 heavy (non-hydrogen) atoms. The molecule has 1 saturated heterocycles. The van der Waals surface area contributed by atoms with Crippen molar-refractivity contribution >= 4 is 5.91 Å². The maximum Gasteiger partial charge on any atom is 0.254 e. The summed E-state index contributed by atoms with van der Waals surface area (Å²) in [5.74, 6) is 1.27. The third kappa shape index (κ3) is 2.38. The Bertz CT molecular complexity index is 566. The van der Waals surface area contributed by atoms with Gasteiger partial charge in [0.25, 0.3) is 5.91 Å². The van der Waals surface area contributed by atoms with Crippen molar-refractivity contribution in [2.45, 2.75) is 24.8 Å². The average molecular weight is 305 g/mol. The van der Waals surface area contributed by atoms with Crippen LogP contribution in [0.5, 0.6) is 5.75 Å². The predicted octanol–water partition coefficient (Wildman–Crippen LogP) is 2.06. The van der Waals surface area contributed by atoms with E-state index in [1.165, 1.54) is 0 Å². The lowest BCUT2D eigenvalue weighted by Gasteiger charge is -2.52. The van der Waals surface area contributed by atoms with E-state index in [-0.39, 0.29) is 11.4 Å². The van der Waals surface area contributed by atoms with Crippen LogP contribution in [0.1, 0.15) is 35.2 Å². The fourth-order valence-corrected chi connectivity index (χ4v) is 3.39. The van der Waals surface area contributed by atoms with Gasteiger partial charge < -0.3 is 19.1 Å². The Kier molecular flexibility index (Phi) is 4.10. The zero-order valence-corrected chi connectivity index (χ0v) is 13.4. The van der Waals surface area contributed by atoms with E-state index in [1.807, 2.05) is 23.1 Å². The molecule has 3 rings (SSSR count). The molecule has 1 aromatic rings. The Morgan fingerprint density at radius 1 is 1.36 bits per heavy atom. The van der Waals surface area contributed by atoms with Crippen molar-refractivity contribution in [1.82, 2.24) is 4.90 Å². The highest BCUT2D eigenvalue weighted by Crippen LogP contribution is 2.37. The van der Waals surface area contributed by atoms with Gasteiger partial charge in [0.05, 0.1) is 25.4 Å². The molecule has 120 valence electrons. The lowest BCUT2D eigenvalue weighted by Crippen LogP contribution is -2.66. The van der Waals surface area contributed by atoms with Crippen LogP contribution < -0.4 is 4.74 Å². The van der Waals surface area contributed by atoms with Gasteiger partial charge in [0.2, 0.25) is 0 Å². The van der Waals surface area contributed by atoms with Gasteiger partial charge in [0, 0.05) is 37.8 Å². The molecule has 0 aliphatic carbocycles. The number of fused-ring (bicyclic) bond motifs is 1. The van der Waals surface area contributed by atoms with Gasteiger partial charge in [0.1, 0.15) is 5.75 Å². The molecule has 1 atom stereocenters. The number of nitrogens with zero attached hydrogens (tertiary/aromatic N) is 1. The fraction of sp³-hybridized carbons (Fsp3) is 0.588. The SMILES string of the molecule is COCC1(COC)CCN1C(=O)c1ccc2c(c1)C(C)CO2. The van der Waals surface area contributed by atoms with E-state index in [9.17, 15) is 4.79 Å². The molecule has 0 radical (unpaired) electrons. The van der Waals surface area contributed by atoms with Crippen molar-refractivity contribution in [2.75, 3.05) is 40.6 Å². The number of carbonyl (C=O) groups is 1. The second kappa shape index (κ2) is 5.89. The summed E-state index contributed by atoms with van der Waals surface area (Å²) in [5, 5.41) is 0. The molecule has 0 aromatic heterocycles. The largest absolute Gasteiger partial charge is 0.493 e. The lowest BCUT2D eigenvalue weighted by atomic mass is 9.85. The molecule has 2 heterocycles. The summed E-state index contributed by atoms with van der Waals surface area (Å²) in [4.78, 5) is 14.7. The minimum Gasteiger partial charge on any atom is -0.493 e. The molecule has 2 aliphatic heterocycles. The second-order valence-corrected chi connectivity index (χ2v) is 6.26. The number of amides is 1. The maximum atomic E-state index is 12.9. The van der Waals surface area contributed by atoms with Crippen LogP contribution in [0.2, 0.25) is 0 Å². The van der Waals surface area contributed by atoms with E-state index < -0.39 is 0 Å². The monoisotopic (exact) mass is 305 g/mol. The quantitative estimate of drug-likeness (QED) is 0.835. The molecular formula is C17H23NO4. The molecular weight excluding hydrogens is 282 g/mol. The molecule has 0 N–H and O–H groups in total. The molecule has 0 spiro atoms. The summed E-state index contributed by atoms with van der Waals surface area (Å²) in [6.45, 7) is 4.54. The molecule has 5 nitrogen and oxygen atoms in total. The Labute approximate surface area is 131 Å². The lowest BCUT2D eigenvalue weighted by molar-refractivity contribution is -0.0815. The molecule has 1 amide bonds. The van der Waals surface area contributed by atoms with E-state index in [2.05, 4.69) is 6.92 Å². The Morgan fingerprint density at radius 3 is 2.68 bits per heavy atom. The molecule has 1 aromatic carbocycles. The average Bonchev–Trinajstić information content (AvgIpc) is 2.87. The standard InChI is InChI=1S/C17H23NO4/c1-12-9-22-15-5-4-13(8-14(12)15)16(19)18-7-6-17(18,10-20-2)11-21-3/h4-5,8,12H,6-7,9-11H2,1-3H3. The first-order chi connectivity index (χ1) is 10.6. The molecule has 0 saturated carbocycles. The van der Waals surface area contributed by atoms with Crippen LogP contribution in [-0.2, 0) is 9.47 Å². The van der Waals surface area contributed by atoms with Crippen molar-refractivity contribution in [3.8, 4) is 5.75 Å². The summed E-state index contributed by atoms with van der Waals surface area (Å²) in [5.41, 5.74) is 1.50. The summed E-state index contributed by atoms with van der Waals surface area (Å²) < 4.78 is 16.2. The molecule has 1 fully saturated rings. The molecule has 2 aliphatic rings. The maximum absolute atomic E-state index is 12.9. The first-order valence-electron chi connectivity index (χ1n) is 7.68. The third-order valence-electron chi connectivity index (χ3n) is 4.72. The Balaban J connectivity index is 1.83. The number of likely N-dealkylation sites (tertiary alicyclic amines) is 1. The molecule has 0 bridgehead atoms. The predicted molar refractivity (Wildman–Crippen MR) is 82.5 cm³/mol. The van der Waals surface area contributed by atoms with Gasteiger partial charge in [-0.1, -0.05) is 6.92 Å². The number of ether oxygens (including phenoxy) is 3. The second-order valence-electron chi connectivity index (χ2n) is 6.26. The van der Waals surface area contributed by atoms with E-state index in [1.54, 1.807) is 14.2 Å². The van der Waals surface area contributed by atoms with Gasteiger partial charge in [-0.3, -0.25) is 4.79 Å². The summed E-state index contributed by atoms with van der Waals surface area (Å²) >= 11 is 0. The zero-order valence-electron chi connectivity index (χ0n) is 13.4. The van der Waals surface area contributed by atoms with Gasteiger partial charge in [0.15, 0.2) is 0 Å². The summed E-state index contributed by atoms with van der Waals surface area (Å²) in [6, 6.07) is 5.72. The van der Waals surface area contributed by atoms with Crippen molar-refractivity contribution in [2.24, 2.45) is 0 Å². The number of carbonyl (C=O) groups excluding carboxylic acids is 1. The highest BCUT2D eigenvalue weighted by Gasteiger charge is 2.48. The van der Waals surface area contributed by atoms with Gasteiger partial charge >= 0.3 is 0 Å². The summed E-state index contributed by atoms with van der Waals surface area (Å²) in [7, 11) is 3.32. The Hall–Kier alpha value is -1.59. The van der Waals surface area contributed by atoms with Gasteiger partial charge in [-0.15, -0.1) is 0 Å². The third-order valence-corrected chi connectivity index (χ3v) is 4.72. The van der Waals surface area contributed by atoms with E-state index >= 15 is 0 Å². The molecule has 5 heteroatoms. The number of hydrogen-bond donors (Lipinski definition) is 0. The Morgan fingerprint density at radius 2 is 2.09 bits per heavy atom. The topological polar surface area (TPSA) is 48.0 Å². The highest BCUT2D eigenvalue weighted by atomic mass is 16.5. The number of hydrogen-bond acceptors (Lipinski definition) is 4. The highest BCUT2D eigenvalue weighted by molar-refractivity contribution is 5.96. The fourth-order valence-electron chi connectivity index (χ4n) is 3.39. The minimum absolute atomic E-state index is 0.0438. The van der Waals surface area contributed by atoms with E-state index in [0.717, 1.165) is 24.3 Å². The molecule has 1 unspecified atom stereocenters. The van der Waals surface area contributed by atoms with Crippen molar-refractivity contribution < 1.29 is 19.0 Å². The van der Waals surface area contributed by atoms with Crippen molar-refractivity contribution in [1.29, 1.82) is 0 Å². The van der Waals surface area contributed by atoms with E-state index in [4.69, 9.17) is 14.2 Å². The van der Waals surface area contributed by atoms with Crippen LogP contribution in [0.25, 0.3) is 0 Å². The minimum atomic E-state index is -0.332. The van der Waals surface area contributed by atoms with Crippen LogP contribution >= 0.6 is 0 Å². The van der Waals surface area contributed by atoms with Crippen LogP contribution in [0.15, 0.2) is 18.2 Å². The number of benzene rings is 1. The normalized spacial score (nSPS) is 22.0. The first kappa shape index (κ1) is 15.3. The number of methoxy groups -OCH3 is 2. The van der Waals surface area contributed by atoms with Crippen LogP contribution in [0.3, 0.4) is 0 Å². The van der Waals surface area contributed by atoms with Gasteiger partial charge in [-0.25, -0.2) is 0 Å². The van der Waals surface area contributed by atoms with E-state index in [0.29, 0.717) is 31.3 Å². The first-order valence-corrected chi connectivity index (χ1v) is 7.68. The summed E-state index contributed by atoms with van der Waals surface area (Å²) in [6.07, 6.45) is 0.908. The van der Waals surface area contributed by atoms with Crippen LogP contribution in [0.4, 0.5) is 0 Å². The van der Waals surface area contributed by atoms with Gasteiger partial charge in [-0.05, 0) is 24.6 Å². The van der Waals surface area contributed by atoms with Gasteiger partial charge in [-0.2, -0.15) is 0 Å². The van der Waals surface area contributed by atoms with Crippen LogP contribution in [-0.4, -0.2) is 56.9 Å². The van der Waals surface area contributed by atoms with Crippen molar-refractivity contribution in [3.05, 3.63) is 29.3 Å². The number of rotatable bonds is 5. The van der Waals surface area contributed by atoms with Crippen molar-refractivity contribution in [3.63, 3.8) is 0 Å². The smallest absolute Gasteiger partial charge is 0.254 e.